The molecule has 0 spiro atoms. The van der Waals surface area contributed by atoms with Crippen molar-refractivity contribution >= 4 is 11.8 Å². The van der Waals surface area contributed by atoms with Crippen molar-refractivity contribution in [3.8, 4) is 11.5 Å². The third-order valence-electron chi connectivity index (χ3n) is 5.62. The van der Waals surface area contributed by atoms with Crippen LogP contribution in [0, 0.1) is 17.3 Å². The minimum Gasteiger partial charge on any atom is -0.496 e. The van der Waals surface area contributed by atoms with Gasteiger partial charge in [0.15, 0.2) is 5.78 Å². The van der Waals surface area contributed by atoms with Gasteiger partial charge in [0.05, 0.1) is 20.8 Å². The molecule has 5 nitrogen and oxygen atoms in total. The minimum absolute atomic E-state index is 0.109. The van der Waals surface area contributed by atoms with Gasteiger partial charge in [0.25, 0.3) is 0 Å². The number of hydrogen-bond acceptors (Lipinski definition) is 5. The van der Waals surface area contributed by atoms with E-state index in [1.807, 2.05) is 0 Å². The number of esters is 1. The average molecular weight is 449 g/mol. The number of Topliss-reactive ketones (excluding diaryl/α,β-unsaturated/α-hetero) is 1. The molecule has 32 heavy (non-hydrogen) atoms. The molecule has 2 unspecified atom stereocenters. The molecule has 1 aromatic rings. The highest BCUT2D eigenvalue weighted by atomic mass is 16.5. The predicted molar refractivity (Wildman–Crippen MR) is 130 cm³/mol. The standard InChI is InChI=1S/C27H44O5/c1-8-9-10-11-12-13-17-32-26(29)21(18-20(2)19-27(3,4)5)25(28)24-22(30-6)15-14-16-23(24)31-7/h14-16,20-21H,8-13,17-19H2,1-7H3. The van der Waals surface area contributed by atoms with Crippen LogP contribution in [0.2, 0.25) is 0 Å². The lowest BCUT2D eigenvalue weighted by molar-refractivity contribution is -0.147. The van der Waals surface area contributed by atoms with Crippen molar-refractivity contribution in [2.24, 2.45) is 17.3 Å². The smallest absolute Gasteiger partial charge is 0.316 e. The number of benzene rings is 1. The Hall–Kier alpha value is -2.04. The van der Waals surface area contributed by atoms with Crippen LogP contribution in [0.15, 0.2) is 18.2 Å². The molecule has 0 fully saturated rings. The lowest BCUT2D eigenvalue weighted by Gasteiger charge is -2.26. The summed E-state index contributed by atoms with van der Waals surface area (Å²) in [5, 5.41) is 0. The quantitative estimate of drug-likeness (QED) is 0.127. The number of unbranched alkanes of at least 4 members (excludes halogenated alkanes) is 5. The van der Waals surface area contributed by atoms with E-state index in [-0.39, 0.29) is 17.1 Å². The maximum Gasteiger partial charge on any atom is 0.316 e. The third-order valence-corrected chi connectivity index (χ3v) is 5.62. The average Bonchev–Trinajstić information content (AvgIpc) is 2.74. The van der Waals surface area contributed by atoms with Gasteiger partial charge >= 0.3 is 5.97 Å². The minimum atomic E-state index is -0.877. The van der Waals surface area contributed by atoms with Gasteiger partial charge in [-0.1, -0.05) is 72.8 Å². The summed E-state index contributed by atoms with van der Waals surface area (Å²) < 4.78 is 16.4. The monoisotopic (exact) mass is 448 g/mol. The van der Waals surface area contributed by atoms with Crippen LogP contribution >= 0.6 is 0 Å². The number of ether oxygens (including phenoxy) is 3. The van der Waals surface area contributed by atoms with Gasteiger partial charge in [-0.3, -0.25) is 9.59 Å². The Bertz CT molecular complexity index is 682. The first-order valence-corrected chi connectivity index (χ1v) is 12.1. The summed E-state index contributed by atoms with van der Waals surface area (Å²) in [6.07, 6.45) is 8.01. The second-order valence-corrected chi connectivity index (χ2v) is 10.00. The van der Waals surface area contributed by atoms with Crippen molar-refractivity contribution in [3.05, 3.63) is 23.8 Å². The first-order valence-electron chi connectivity index (χ1n) is 12.1. The van der Waals surface area contributed by atoms with Crippen LogP contribution in [0.1, 0.15) is 96.3 Å². The predicted octanol–water partition coefficient (Wildman–Crippen LogP) is 6.87. The molecule has 0 saturated carbocycles. The maximum absolute atomic E-state index is 13.6. The van der Waals surface area contributed by atoms with Gasteiger partial charge < -0.3 is 14.2 Å². The highest BCUT2D eigenvalue weighted by Gasteiger charge is 2.35. The van der Waals surface area contributed by atoms with Crippen molar-refractivity contribution in [3.63, 3.8) is 0 Å². The van der Waals surface area contributed by atoms with Crippen LogP contribution in [0.25, 0.3) is 0 Å². The largest absolute Gasteiger partial charge is 0.496 e. The fourth-order valence-electron chi connectivity index (χ4n) is 4.27. The molecule has 0 N–H and O–H groups in total. The topological polar surface area (TPSA) is 61.8 Å². The Morgan fingerprint density at radius 3 is 2.03 bits per heavy atom. The van der Waals surface area contributed by atoms with Gasteiger partial charge in [0, 0.05) is 0 Å². The number of ketones is 1. The summed E-state index contributed by atoms with van der Waals surface area (Å²) in [6, 6.07) is 5.20. The van der Waals surface area contributed by atoms with Gasteiger partial charge in [-0.15, -0.1) is 0 Å². The van der Waals surface area contributed by atoms with Crippen molar-refractivity contribution in [2.75, 3.05) is 20.8 Å². The molecule has 0 saturated heterocycles. The van der Waals surface area contributed by atoms with Crippen molar-refractivity contribution in [1.82, 2.24) is 0 Å². The zero-order chi connectivity index (χ0) is 24.1. The summed E-state index contributed by atoms with van der Waals surface area (Å²) in [6.45, 7) is 11.1. The first-order chi connectivity index (χ1) is 15.1. The zero-order valence-corrected chi connectivity index (χ0v) is 21.3. The second kappa shape index (κ2) is 14.2. The first kappa shape index (κ1) is 28.0. The van der Waals surface area contributed by atoms with E-state index in [0.717, 1.165) is 25.7 Å². The van der Waals surface area contributed by atoms with Crippen LogP contribution in [0.3, 0.4) is 0 Å². The SMILES string of the molecule is CCCCCCCCOC(=O)C(CC(C)CC(C)(C)C)C(=O)c1c(OC)cccc1OC. The van der Waals surface area contributed by atoms with Gasteiger partial charge in [-0.05, 0) is 42.7 Å². The molecule has 0 amide bonds. The van der Waals surface area contributed by atoms with E-state index in [1.54, 1.807) is 18.2 Å². The summed E-state index contributed by atoms with van der Waals surface area (Å²) in [7, 11) is 3.03. The van der Waals surface area contributed by atoms with E-state index in [1.165, 1.54) is 33.5 Å². The molecule has 5 heteroatoms. The number of carbonyl (C=O) groups is 2. The molecule has 0 aliphatic rings. The van der Waals surface area contributed by atoms with E-state index >= 15 is 0 Å². The summed E-state index contributed by atoms with van der Waals surface area (Å²) in [4.78, 5) is 26.7. The number of rotatable bonds is 15. The Kier molecular flexibility index (Phi) is 12.4. The van der Waals surface area contributed by atoms with Crippen LogP contribution in [-0.2, 0) is 9.53 Å². The fourth-order valence-corrected chi connectivity index (χ4v) is 4.27. The molecule has 182 valence electrons. The Balaban J connectivity index is 2.98. The maximum atomic E-state index is 13.6. The van der Waals surface area contributed by atoms with Gasteiger partial charge in [-0.2, -0.15) is 0 Å². The van der Waals surface area contributed by atoms with Crippen LogP contribution < -0.4 is 9.47 Å². The molecule has 0 bridgehead atoms. The number of carbonyl (C=O) groups excluding carboxylic acids is 2. The molecule has 0 heterocycles. The number of methoxy groups -OCH3 is 2. The van der Waals surface area contributed by atoms with Gasteiger partial charge in [0.1, 0.15) is 23.0 Å². The van der Waals surface area contributed by atoms with E-state index < -0.39 is 11.9 Å². The van der Waals surface area contributed by atoms with Crippen molar-refractivity contribution in [2.45, 2.75) is 86.0 Å². The molecular formula is C27H44O5. The normalized spacial score (nSPS) is 13.3. The molecule has 0 aliphatic carbocycles. The summed E-state index contributed by atoms with van der Waals surface area (Å²) >= 11 is 0. The zero-order valence-electron chi connectivity index (χ0n) is 21.3. The second-order valence-electron chi connectivity index (χ2n) is 10.00. The summed E-state index contributed by atoms with van der Waals surface area (Å²) in [5.41, 5.74) is 0.416. The van der Waals surface area contributed by atoms with Crippen molar-refractivity contribution < 1.29 is 23.8 Å². The van der Waals surface area contributed by atoms with Gasteiger partial charge in [0.2, 0.25) is 0 Å². The molecule has 1 rings (SSSR count). The lowest BCUT2D eigenvalue weighted by Crippen LogP contribution is -2.30. The Labute approximate surface area is 195 Å². The number of hydrogen-bond donors (Lipinski definition) is 0. The van der Waals surface area contributed by atoms with E-state index in [2.05, 4.69) is 34.6 Å². The van der Waals surface area contributed by atoms with E-state index in [0.29, 0.717) is 30.1 Å². The van der Waals surface area contributed by atoms with Crippen LogP contribution in [0.5, 0.6) is 11.5 Å². The van der Waals surface area contributed by atoms with Crippen LogP contribution in [0.4, 0.5) is 0 Å². The summed E-state index contributed by atoms with van der Waals surface area (Å²) in [5.74, 6) is -0.618. The highest BCUT2D eigenvalue weighted by Crippen LogP contribution is 2.34. The third kappa shape index (κ3) is 9.62. The molecule has 2 atom stereocenters. The Morgan fingerprint density at radius 2 is 1.50 bits per heavy atom. The molecule has 0 aliphatic heterocycles. The molecule has 1 aromatic carbocycles. The highest BCUT2D eigenvalue weighted by molar-refractivity contribution is 6.11. The van der Waals surface area contributed by atoms with Gasteiger partial charge in [-0.25, -0.2) is 0 Å². The van der Waals surface area contributed by atoms with Crippen LogP contribution in [-0.4, -0.2) is 32.6 Å². The fraction of sp³-hybridized carbons (Fsp3) is 0.704. The molecule has 0 radical (unpaired) electrons. The lowest BCUT2D eigenvalue weighted by atomic mass is 9.80. The van der Waals surface area contributed by atoms with E-state index in [4.69, 9.17) is 14.2 Å². The van der Waals surface area contributed by atoms with E-state index in [9.17, 15) is 9.59 Å². The Morgan fingerprint density at radius 1 is 0.938 bits per heavy atom. The molecule has 0 aromatic heterocycles. The molecular weight excluding hydrogens is 404 g/mol. The van der Waals surface area contributed by atoms with Crippen molar-refractivity contribution in [1.29, 1.82) is 0 Å².